The van der Waals surface area contributed by atoms with Crippen molar-refractivity contribution in [1.29, 1.82) is 0 Å². The van der Waals surface area contributed by atoms with Crippen molar-refractivity contribution in [2.24, 2.45) is 0 Å². The molecule has 0 aromatic heterocycles. The quantitative estimate of drug-likeness (QED) is 0.188. The van der Waals surface area contributed by atoms with E-state index in [1.165, 1.54) is 72.8 Å². The van der Waals surface area contributed by atoms with E-state index in [2.05, 4.69) is 0 Å². The topological polar surface area (TPSA) is 136 Å². The molecule has 2 N–H and O–H groups in total. The Kier molecular flexibility index (Phi) is 7.42. The highest BCUT2D eigenvalue weighted by Crippen LogP contribution is 2.24. The van der Waals surface area contributed by atoms with E-state index in [1.807, 2.05) is 0 Å². The lowest BCUT2D eigenvalue weighted by Crippen LogP contribution is -2.11. The highest BCUT2D eigenvalue weighted by Gasteiger charge is 2.14. The zero-order valence-electron chi connectivity index (χ0n) is 21.1. The average molecular weight is 549 g/mol. The number of carboxylic acids is 1. The fraction of sp³-hybridized carbons (Fsp3) is 0. The normalized spacial score (nSPS) is 10.5. The van der Waals surface area contributed by atoms with Crippen LogP contribution in [0.2, 0.25) is 0 Å². The summed E-state index contributed by atoms with van der Waals surface area (Å²) in [5, 5.41) is 19.7. The first-order valence-corrected chi connectivity index (χ1v) is 12.2. The summed E-state index contributed by atoms with van der Waals surface area (Å²) < 4.78 is 16.1. The number of rotatable bonds is 7. The SMILES string of the molecule is O=C(O)c1ccc(OC(=O)c2ccc3cc(OC(=O)c4ccc(C(=O)Oc5ccc(O)cc5)cc4)ccc3c2)cc1. The number of fused-ring (bicyclic) bond motifs is 1. The van der Waals surface area contributed by atoms with Gasteiger partial charge >= 0.3 is 23.9 Å². The molecule has 5 aromatic carbocycles. The molecule has 0 saturated carbocycles. The summed E-state index contributed by atoms with van der Waals surface area (Å²) >= 11 is 0. The second-order valence-corrected chi connectivity index (χ2v) is 8.79. The van der Waals surface area contributed by atoms with Gasteiger partial charge in [0.25, 0.3) is 0 Å². The average Bonchev–Trinajstić information content (AvgIpc) is 2.98. The maximum absolute atomic E-state index is 12.7. The molecular weight excluding hydrogens is 528 g/mol. The minimum atomic E-state index is -1.08. The van der Waals surface area contributed by atoms with Crippen LogP contribution in [-0.4, -0.2) is 34.1 Å². The van der Waals surface area contributed by atoms with Gasteiger partial charge in [-0.15, -0.1) is 0 Å². The van der Waals surface area contributed by atoms with Crippen molar-refractivity contribution < 1.29 is 43.6 Å². The number of aromatic carboxylic acids is 1. The number of ether oxygens (including phenoxy) is 3. The predicted octanol–water partition coefficient (Wildman–Crippen LogP) is 5.90. The van der Waals surface area contributed by atoms with Gasteiger partial charge in [0.2, 0.25) is 0 Å². The first-order chi connectivity index (χ1) is 19.7. The minimum Gasteiger partial charge on any atom is -0.508 e. The second kappa shape index (κ2) is 11.4. The van der Waals surface area contributed by atoms with E-state index in [-0.39, 0.29) is 45.3 Å². The molecule has 0 aliphatic heterocycles. The number of phenolic OH excluding ortho intramolecular Hbond substituents is 1. The maximum atomic E-state index is 12.7. The Morgan fingerprint density at radius 1 is 0.439 bits per heavy atom. The van der Waals surface area contributed by atoms with Crippen LogP contribution in [0.5, 0.6) is 23.0 Å². The molecule has 0 atom stereocenters. The largest absolute Gasteiger partial charge is 0.508 e. The van der Waals surface area contributed by atoms with E-state index in [9.17, 15) is 24.3 Å². The Labute approximate surface area is 232 Å². The number of hydrogen-bond donors (Lipinski definition) is 2. The van der Waals surface area contributed by atoms with Crippen molar-refractivity contribution in [3.05, 3.63) is 131 Å². The monoisotopic (exact) mass is 548 g/mol. The van der Waals surface area contributed by atoms with Crippen molar-refractivity contribution in [3.8, 4) is 23.0 Å². The molecule has 202 valence electrons. The molecule has 5 rings (SSSR count). The number of carbonyl (C=O) groups is 4. The molecule has 0 spiro atoms. The summed E-state index contributed by atoms with van der Waals surface area (Å²) in [5.74, 6) is -2.12. The summed E-state index contributed by atoms with van der Waals surface area (Å²) in [7, 11) is 0. The van der Waals surface area contributed by atoms with E-state index in [0.717, 1.165) is 0 Å². The molecular formula is C32H20O9. The molecule has 0 aliphatic carbocycles. The van der Waals surface area contributed by atoms with E-state index in [0.29, 0.717) is 10.8 Å². The highest BCUT2D eigenvalue weighted by atomic mass is 16.5. The minimum absolute atomic E-state index is 0.0487. The molecule has 5 aromatic rings. The molecule has 0 saturated heterocycles. The van der Waals surface area contributed by atoms with Gasteiger partial charge in [0.1, 0.15) is 23.0 Å². The summed E-state index contributed by atoms with van der Waals surface area (Å²) in [4.78, 5) is 48.6. The van der Waals surface area contributed by atoms with Crippen LogP contribution >= 0.6 is 0 Å². The van der Waals surface area contributed by atoms with Crippen LogP contribution in [0.3, 0.4) is 0 Å². The number of carboxylic acid groups (broad SMARTS) is 1. The van der Waals surface area contributed by atoms with Gasteiger partial charge < -0.3 is 24.4 Å². The van der Waals surface area contributed by atoms with Gasteiger partial charge in [-0.3, -0.25) is 0 Å². The second-order valence-electron chi connectivity index (χ2n) is 8.79. The van der Waals surface area contributed by atoms with Crippen LogP contribution in [-0.2, 0) is 0 Å². The fourth-order valence-corrected chi connectivity index (χ4v) is 3.83. The van der Waals surface area contributed by atoms with Gasteiger partial charge in [0.05, 0.1) is 22.3 Å². The summed E-state index contributed by atoms with van der Waals surface area (Å²) in [6.07, 6.45) is 0. The number of benzene rings is 5. The van der Waals surface area contributed by atoms with Gasteiger partial charge in [-0.2, -0.15) is 0 Å². The number of hydrogen-bond acceptors (Lipinski definition) is 8. The predicted molar refractivity (Wildman–Crippen MR) is 147 cm³/mol. The van der Waals surface area contributed by atoms with Crippen molar-refractivity contribution in [3.63, 3.8) is 0 Å². The smallest absolute Gasteiger partial charge is 0.343 e. The maximum Gasteiger partial charge on any atom is 0.343 e. The third-order valence-corrected chi connectivity index (χ3v) is 5.97. The molecule has 0 amide bonds. The van der Waals surface area contributed by atoms with E-state index >= 15 is 0 Å². The Bertz CT molecular complexity index is 1770. The van der Waals surface area contributed by atoms with Crippen LogP contribution in [0.4, 0.5) is 0 Å². The lowest BCUT2D eigenvalue weighted by molar-refractivity contribution is 0.0693. The van der Waals surface area contributed by atoms with Crippen LogP contribution in [0.1, 0.15) is 41.4 Å². The van der Waals surface area contributed by atoms with Crippen molar-refractivity contribution in [2.45, 2.75) is 0 Å². The molecule has 9 heteroatoms. The van der Waals surface area contributed by atoms with Crippen molar-refractivity contribution in [2.75, 3.05) is 0 Å². The van der Waals surface area contributed by atoms with Gasteiger partial charge in [0.15, 0.2) is 0 Å². The Hall–Kier alpha value is -5.96. The zero-order valence-corrected chi connectivity index (χ0v) is 21.1. The van der Waals surface area contributed by atoms with Gasteiger partial charge in [-0.25, -0.2) is 19.2 Å². The summed E-state index contributed by atoms with van der Waals surface area (Å²) in [6, 6.07) is 26.8. The van der Waals surface area contributed by atoms with Gasteiger partial charge in [-0.05, 0) is 108 Å². The van der Waals surface area contributed by atoms with Crippen molar-refractivity contribution in [1.82, 2.24) is 0 Å². The lowest BCUT2D eigenvalue weighted by Gasteiger charge is -2.08. The molecule has 0 bridgehead atoms. The van der Waals surface area contributed by atoms with Gasteiger partial charge in [0, 0.05) is 0 Å². The van der Waals surface area contributed by atoms with Crippen molar-refractivity contribution >= 4 is 34.6 Å². The molecule has 41 heavy (non-hydrogen) atoms. The third-order valence-electron chi connectivity index (χ3n) is 5.97. The fourth-order valence-electron chi connectivity index (χ4n) is 3.83. The van der Waals surface area contributed by atoms with E-state index < -0.39 is 23.9 Å². The first-order valence-electron chi connectivity index (χ1n) is 12.2. The number of esters is 3. The summed E-state index contributed by atoms with van der Waals surface area (Å²) in [6.45, 7) is 0. The van der Waals surface area contributed by atoms with Gasteiger partial charge in [-0.1, -0.05) is 12.1 Å². The molecule has 0 heterocycles. The number of carbonyl (C=O) groups excluding carboxylic acids is 3. The number of phenols is 1. The third kappa shape index (κ3) is 6.37. The first kappa shape index (κ1) is 26.6. The molecule has 0 unspecified atom stereocenters. The molecule has 0 radical (unpaired) electrons. The van der Waals surface area contributed by atoms with Crippen LogP contribution < -0.4 is 14.2 Å². The Morgan fingerprint density at radius 2 is 0.829 bits per heavy atom. The Balaban J connectivity index is 1.22. The van der Waals surface area contributed by atoms with E-state index in [4.69, 9.17) is 19.3 Å². The zero-order chi connectivity index (χ0) is 28.9. The number of aromatic hydroxyl groups is 1. The van der Waals surface area contributed by atoms with Crippen LogP contribution in [0.25, 0.3) is 10.8 Å². The summed E-state index contributed by atoms with van der Waals surface area (Å²) in [5.41, 5.74) is 0.817. The molecule has 0 fully saturated rings. The molecule has 0 aliphatic rings. The molecule has 9 nitrogen and oxygen atoms in total. The Morgan fingerprint density at radius 3 is 1.39 bits per heavy atom. The van der Waals surface area contributed by atoms with Crippen LogP contribution in [0, 0.1) is 0 Å². The standard InChI is InChI=1S/C32H20O9/c33-25-10-15-27(16-11-25)39-30(36)20-1-3-21(4-2-20)31(37)41-28-14-9-22-17-24(6-5-23(22)18-28)32(38)40-26-12-7-19(8-13-26)29(34)35/h1-18,33H,(H,34,35). The lowest BCUT2D eigenvalue weighted by atomic mass is 10.1. The highest BCUT2D eigenvalue weighted by molar-refractivity contribution is 5.98. The van der Waals surface area contributed by atoms with Crippen LogP contribution in [0.15, 0.2) is 109 Å². The van der Waals surface area contributed by atoms with E-state index in [1.54, 1.807) is 36.4 Å².